The van der Waals surface area contributed by atoms with Gasteiger partial charge in [-0.1, -0.05) is 5.16 Å². The molecule has 1 aliphatic carbocycles. The fourth-order valence-electron chi connectivity index (χ4n) is 3.44. The Hall–Kier alpha value is -3.64. The number of hydrogen-bond acceptors (Lipinski definition) is 7. The molecule has 162 valence electrons. The van der Waals surface area contributed by atoms with Gasteiger partial charge < -0.3 is 15.5 Å². The Kier molecular flexibility index (Phi) is 4.52. The number of rotatable bonds is 6. The van der Waals surface area contributed by atoms with Crippen LogP contribution in [0, 0.1) is 0 Å². The molecule has 0 aromatic carbocycles. The Balaban J connectivity index is 1.25. The van der Waals surface area contributed by atoms with Gasteiger partial charge in [-0.15, -0.1) is 0 Å². The van der Waals surface area contributed by atoms with Crippen LogP contribution in [0.25, 0.3) is 5.65 Å². The number of carbonyl (C=O) groups is 2. The van der Waals surface area contributed by atoms with Crippen LogP contribution in [0.15, 0.2) is 23.1 Å². The molecule has 4 heterocycles. The van der Waals surface area contributed by atoms with Crippen molar-refractivity contribution in [1.82, 2.24) is 40.4 Å². The summed E-state index contributed by atoms with van der Waals surface area (Å²) in [6.07, 6.45) is 5.06. The first kappa shape index (κ1) is 19.3. The number of nitrogens with zero attached hydrogens (tertiary/aromatic N) is 6. The number of aromatic nitrogens is 5. The van der Waals surface area contributed by atoms with E-state index in [2.05, 4.69) is 31.0 Å². The van der Waals surface area contributed by atoms with Crippen molar-refractivity contribution in [2.24, 2.45) is 0 Å². The number of fused-ring (bicyclic) bond motifs is 1. The van der Waals surface area contributed by atoms with Crippen molar-refractivity contribution in [3.63, 3.8) is 0 Å². The second kappa shape index (κ2) is 7.25. The Labute approximate surface area is 173 Å². The number of alkyl halides is 2. The number of nitrogens with one attached hydrogen (secondary N) is 2. The summed E-state index contributed by atoms with van der Waals surface area (Å²) in [5, 5.41) is 16.6. The first-order chi connectivity index (χ1) is 14.9. The molecule has 0 unspecified atom stereocenters. The monoisotopic (exact) mass is 432 g/mol. The third kappa shape index (κ3) is 4.02. The Morgan fingerprint density at radius 2 is 2.19 bits per heavy atom. The molecule has 1 saturated heterocycles. The minimum atomic E-state index is -2.98. The third-order valence-corrected chi connectivity index (χ3v) is 5.13. The molecule has 13 heteroatoms. The molecule has 0 spiro atoms. The lowest BCUT2D eigenvalue weighted by atomic mass is 10.2. The molecule has 2 aliphatic rings. The molecule has 2 fully saturated rings. The molecule has 0 bridgehead atoms. The summed E-state index contributed by atoms with van der Waals surface area (Å²) in [5.74, 6) is -3.15. The molecule has 5 rings (SSSR count). The fourth-order valence-corrected chi connectivity index (χ4v) is 3.44. The van der Waals surface area contributed by atoms with Gasteiger partial charge in [-0.25, -0.2) is 27.7 Å². The van der Waals surface area contributed by atoms with Gasteiger partial charge in [-0.05, 0) is 29.6 Å². The minimum absolute atomic E-state index is 0.0209. The van der Waals surface area contributed by atoms with Gasteiger partial charge in [0.2, 0.25) is 0 Å². The highest BCUT2D eigenvalue weighted by atomic mass is 19.3. The van der Waals surface area contributed by atoms with Crippen LogP contribution in [0.3, 0.4) is 0 Å². The lowest BCUT2D eigenvalue weighted by molar-refractivity contribution is -0.0367. The molecule has 3 aromatic rings. The van der Waals surface area contributed by atoms with E-state index < -0.39 is 31.0 Å². The topological polar surface area (TPSA) is 131 Å². The Morgan fingerprint density at radius 3 is 3.00 bits per heavy atom. The summed E-state index contributed by atoms with van der Waals surface area (Å²) >= 11 is 0. The second-order valence-electron chi connectivity index (χ2n) is 7.72. The van der Waals surface area contributed by atoms with Crippen molar-refractivity contribution in [1.29, 1.82) is 0 Å². The van der Waals surface area contributed by atoms with E-state index in [1.807, 2.05) is 0 Å². The number of carbonyl (C=O) groups excluding carboxylic acids is 2. The van der Waals surface area contributed by atoms with E-state index in [-0.39, 0.29) is 24.7 Å². The van der Waals surface area contributed by atoms with Gasteiger partial charge >= 0.3 is 6.03 Å². The van der Waals surface area contributed by atoms with Crippen molar-refractivity contribution < 1.29 is 23.0 Å². The van der Waals surface area contributed by atoms with Gasteiger partial charge in [0.15, 0.2) is 11.3 Å². The van der Waals surface area contributed by atoms with Gasteiger partial charge in [-0.2, -0.15) is 5.10 Å². The zero-order valence-corrected chi connectivity index (χ0v) is 16.2. The maximum Gasteiger partial charge on any atom is 0.318 e. The number of urea groups is 1. The maximum absolute atomic E-state index is 13.6. The Morgan fingerprint density at radius 1 is 1.35 bits per heavy atom. The van der Waals surface area contributed by atoms with Crippen LogP contribution < -0.4 is 10.6 Å². The average Bonchev–Trinajstić information content (AvgIpc) is 3.31. The SMILES string of the molecule is O=C(NCc1cn2ncc(CN3CC(F)(F)CNC3=O)cc2n1)c1nonc1C1CC1. The molecule has 11 nitrogen and oxygen atoms in total. The molecule has 1 aliphatic heterocycles. The highest BCUT2D eigenvalue weighted by molar-refractivity contribution is 5.93. The van der Waals surface area contributed by atoms with Crippen LogP contribution >= 0.6 is 0 Å². The van der Waals surface area contributed by atoms with Crippen molar-refractivity contribution in [2.45, 2.75) is 37.8 Å². The predicted octanol–water partition coefficient (Wildman–Crippen LogP) is 1.08. The normalized spacial score (nSPS) is 18.3. The molecule has 31 heavy (non-hydrogen) atoms. The largest absolute Gasteiger partial charge is 0.345 e. The van der Waals surface area contributed by atoms with E-state index in [0.717, 1.165) is 17.7 Å². The summed E-state index contributed by atoms with van der Waals surface area (Å²) < 4.78 is 33.3. The van der Waals surface area contributed by atoms with Gasteiger partial charge in [0.1, 0.15) is 5.69 Å². The number of hydrogen-bond donors (Lipinski definition) is 2. The van der Waals surface area contributed by atoms with Crippen LogP contribution in [0.5, 0.6) is 0 Å². The third-order valence-electron chi connectivity index (χ3n) is 5.13. The summed E-state index contributed by atoms with van der Waals surface area (Å²) in [4.78, 5) is 29.7. The molecule has 0 atom stereocenters. The molecule has 2 N–H and O–H groups in total. The van der Waals surface area contributed by atoms with Crippen molar-refractivity contribution in [2.75, 3.05) is 13.1 Å². The first-order valence-electron chi connectivity index (χ1n) is 9.72. The average molecular weight is 432 g/mol. The van der Waals surface area contributed by atoms with Crippen molar-refractivity contribution >= 4 is 17.6 Å². The van der Waals surface area contributed by atoms with E-state index in [0.29, 0.717) is 22.6 Å². The fraction of sp³-hybridized carbons (Fsp3) is 0.444. The van der Waals surface area contributed by atoms with Gasteiger partial charge in [0.05, 0.1) is 37.7 Å². The number of amides is 3. The lowest BCUT2D eigenvalue weighted by Gasteiger charge is -2.32. The molecule has 3 aromatic heterocycles. The number of halogens is 2. The van der Waals surface area contributed by atoms with Gasteiger partial charge in [-0.3, -0.25) is 4.79 Å². The zero-order valence-electron chi connectivity index (χ0n) is 16.2. The maximum atomic E-state index is 13.6. The molecular weight excluding hydrogens is 414 g/mol. The first-order valence-corrected chi connectivity index (χ1v) is 9.72. The smallest absolute Gasteiger partial charge is 0.318 e. The van der Waals surface area contributed by atoms with Crippen molar-refractivity contribution in [3.05, 3.63) is 41.1 Å². The Bertz CT molecular complexity index is 1160. The lowest BCUT2D eigenvalue weighted by Crippen LogP contribution is -2.56. The van der Waals surface area contributed by atoms with Gasteiger partial charge in [0, 0.05) is 12.5 Å². The van der Waals surface area contributed by atoms with Crippen LogP contribution in [-0.2, 0) is 13.1 Å². The van der Waals surface area contributed by atoms with Crippen LogP contribution in [0.1, 0.15) is 46.2 Å². The van der Waals surface area contributed by atoms with Crippen molar-refractivity contribution in [3.8, 4) is 0 Å². The van der Waals surface area contributed by atoms with Gasteiger partial charge in [0.25, 0.3) is 11.8 Å². The molecular formula is C18H18F2N8O3. The quantitative estimate of drug-likeness (QED) is 0.596. The van der Waals surface area contributed by atoms with Crippen LogP contribution in [0.2, 0.25) is 0 Å². The molecule has 1 saturated carbocycles. The zero-order chi connectivity index (χ0) is 21.6. The molecule has 0 radical (unpaired) electrons. The minimum Gasteiger partial charge on any atom is -0.345 e. The highest BCUT2D eigenvalue weighted by Gasteiger charge is 2.38. The summed E-state index contributed by atoms with van der Waals surface area (Å²) in [6.45, 7) is -1.21. The highest BCUT2D eigenvalue weighted by Crippen LogP contribution is 2.40. The second-order valence-corrected chi connectivity index (χ2v) is 7.72. The van der Waals surface area contributed by atoms with E-state index in [1.54, 1.807) is 12.3 Å². The standard InChI is InChI=1S/C18H18F2N8O3/c19-18(20)8-22-17(30)27(9-18)6-10-3-13-24-12(7-28(13)23-4-10)5-21-16(29)15-14(11-1-2-11)25-31-26-15/h3-4,7,11H,1-2,5-6,8-9H2,(H,21,29)(H,22,30). The summed E-state index contributed by atoms with van der Waals surface area (Å²) in [6, 6.07) is 1.11. The summed E-state index contributed by atoms with van der Waals surface area (Å²) in [5.41, 5.74) is 2.33. The number of imidazole rings is 1. The molecule has 3 amide bonds. The van der Waals surface area contributed by atoms with E-state index in [4.69, 9.17) is 4.63 Å². The van der Waals surface area contributed by atoms with Crippen LogP contribution in [-0.4, -0.2) is 60.8 Å². The predicted molar refractivity (Wildman–Crippen MR) is 99.2 cm³/mol. The van der Waals surface area contributed by atoms with E-state index in [1.165, 1.54) is 10.7 Å². The van der Waals surface area contributed by atoms with Crippen LogP contribution in [0.4, 0.5) is 13.6 Å². The van der Waals surface area contributed by atoms with E-state index >= 15 is 0 Å². The van der Waals surface area contributed by atoms with E-state index in [9.17, 15) is 18.4 Å². The summed E-state index contributed by atoms with van der Waals surface area (Å²) in [7, 11) is 0.